The summed E-state index contributed by atoms with van der Waals surface area (Å²) in [5.41, 5.74) is -4.47. The predicted octanol–water partition coefficient (Wildman–Crippen LogP) is 3.16. The van der Waals surface area contributed by atoms with Crippen LogP contribution in [0.15, 0.2) is 0 Å². The van der Waals surface area contributed by atoms with E-state index in [9.17, 15) is 14.4 Å². The molecule has 0 bridgehead atoms. The van der Waals surface area contributed by atoms with Crippen LogP contribution in [0.25, 0.3) is 0 Å². The molecular weight excluding hydrogens is 355 g/mol. The molecule has 8 heteroatoms. The zero-order valence-electron chi connectivity index (χ0n) is 17.1. The number of rotatable bonds is 1. The summed E-state index contributed by atoms with van der Waals surface area (Å²) in [6.45, 7) is 10.9. The topological polar surface area (TPSA) is 76.2 Å². The average molecular weight is 386 g/mol. The molecule has 0 aromatic carbocycles. The van der Waals surface area contributed by atoms with Crippen LogP contribution in [-0.2, 0) is 14.3 Å². The summed E-state index contributed by atoms with van der Waals surface area (Å²) in [6.07, 6.45) is -0.213. The summed E-state index contributed by atoms with van der Waals surface area (Å²) >= 11 is 0. The molecule has 0 aromatic rings. The van der Waals surface area contributed by atoms with Gasteiger partial charge in [-0.05, 0) is 54.4 Å². The minimum Gasteiger partial charge on any atom is -0.444 e. The van der Waals surface area contributed by atoms with E-state index in [0.29, 0.717) is 6.29 Å². The van der Waals surface area contributed by atoms with Crippen molar-refractivity contribution in [1.29, 1.82) is 0 Å². The SMILES string of the molecule is CC(C)(C)OC(=O)N1CCC2(CC1)CN(C(=O)OC(C)(C)C)C[C@]2(F)C=O. The minimum atomic E-state index is -2.15. The largest absolute Gasteiger partial charge is 0.444 e. The van der Waals surface area contributed by atoms with Crippen molar-refractivity contribution in [2.45, 2.75) is 71.3 Å². The summed E-state index contributed by atoms with van der Waals surface area (Å²) in [4.78, 5) is 39.0. The number of likely N-dealkylation sites (tertiary alicyclic amines) is 2. The van der Waals surface area contributed by atoms with Gasteiger partial charge in [-0.2, -0.15) is 0 Å². The molecule has 0 aromatic heterocycles. The summed E-state index contributed by atoms with van der Waals surface area (Å²) in [5, 5.41) is 0. The molecule has 2 saturated heterocycles. The Morgan fingerprint density at radius 1 is 0.889 bits per heavy atom. The van der Waals surface area contributed by atoms with Crippen molar-refractivity contribution in [3.8, 4) is 0 Å². The second kappa shape index (κ2) is 6.95. The lowest BCUT2D eigenvalue weighted by Gasteiger charge is -2.43. The molecule has 2 aliphatic heterocycles. The molecule has 7 nitrogen and oxygen atoms in total. The van der Waals surface area contributed by atoms with Gasteiger partial charge in [0.2, 0.25) is 0 Å². The molecule has 1 spiro atoms. The van der Waals surface area contributed by atoms with Gasteiger partial charge in [-0.25, -0.2) is 14.0 Å². The van der Waals surface area contributed by atoms with Crippen LogP contribution in [0.1, 0.15) is 54.4 Å². The predicted molar refractivity (Wildman–Crippen MR) is 97.2 cm³/mol. The van der Waals surface area contributed by atoms with Gasteiger partial charge in [0.15, 0.2) is 12.0 Å². The van der Waals surface area contributed by atoms with Gasteiger partial charge in [-0.15, -0.1) is 0 Å². The van der Waals surface area contributed by atoms with E-state index in [2.05, 4.69) is 0 Å². The molecule has 2 heterocycles. The Balaban J connectivity index is 2.09. The molecule has 2 amide bonds. The molecule has 2 aliphatic rings. The van der Waals surface area contributed by atoms with Gasteiger partial charge in [0, 0.05) is 25.0 Å². The van der Waals surface area contributed by atoms with Crippen LogP contribution >= 0.6 is 0 Å². The number of piperidine rings is 1. The fraction of sp³-hybridized carbons (Fsp3) is 0.842. The Morgan fingerprint density at radius 2 is 1.33 bits per heavy atom. The first-order chi connectivity index (χ1) is 12.2. The van der Waals surface area contributed by atoms with Crippen LogP contribution in [0.2, 0.25) is 0 Å². The molecule has 0 N–H and O–H groups in total. The highest BCUT2D eigenvalue weighted by Crippen LogP contribution is 2.49. The van der Waals surface area contributed by atoms with Gasteiger partial charge in [0.25, 0.3) is 0 Å². The van der Waals surface area contributed by atoms with Crippen molar-refractivity contribution in [3.05, 3.63) is 0 Å². The number of carbonyl (C=O) groups is 3. The summed E-state index contributed by atoms with van der Waals surface area (Å²) in [7, 11) is 0. The summed E-state index contributed by atoms with van der Waals surface area (Å²) < 4.78 is 26.2. The van der Waals surface area contributed by atoms with Crippen LogP contribution < -0.4 is 0 Å². The number of hydrogen-bond acceptors (Lipinski definition) is 5. The highest BCUT2D eigenvalue weighted by Gasteiger charge is 2.61. The zero-order chi connectivity index (χ0) is 20.7. The van der Waals surface area contributed by atoms with Crippen LogP contribution in [-0.4, -0.2) is 71.3 Å². The number of hydrogen-bond donors (Lipinski definition) is 0. The Bertz CT molecular complexity index is 602. The van der Waals surface area contributed by atoms with Crippen molar-refractivity contribution < 1.29 is 28.2 Å². The number of amides is 2. The van der Waals surface area contributed by atoms with E-state index in [1.165, 1.54) is 9.80 Å². The van der Waals surface area contributed by atoms with E-state index in [4.69, 9.17) is 9.47 Å². The standard InChI is InChI=1S/C19H31FN2O5/c1-16(2,3)26-14(24)21-9-7-18(8-10-21)11-22(12-19(18,20)13-23)15(25)27-17(4,5)6/h13H,7-12H2,1-6H3/t19-/m0/s1. The first-order valence-electron chi connectivity index (χ1n) is 9.31. The molecule has 1 atom stereocenters. The van der Waals surface area contributed by atoms with Crippen LogP contribution in [0.5, 0.6) is 0 Å². The summed E-state index contributed by atoms with van der Waals surface area (Å²) in [6, 6.07) is 0. The number of halogens is 1. The van der Waals surface area contributed by atoms with Gasteiger partial charge in [-0.1, -0.05) is 0 Å². The van der Waals surface area contributed by atoms with Gasteiger partial charge in [0.1, 0.15) is 11.2 Å². The van der Waals surface area contributed by atoms with Gasteiger partial charge >= 0.3 is 12.2 Å². The third-order valence-electron chi connectivity index (χ3n) is 5.01. The second-order valence-electron chi connectivity index (χ2n) is 9.56. The highest BCUT2D eigenvalue weighted by molar-refractivity contribution is 5.74. The average Bonchev–Trinajstić information content (AvgIpc) is 2.78. The molecule has 0 radical (unpaired) electrons. The minimum absolute atomic E-state index is 0.0965. The fourth-order valence-electron chi connectivity index (χ4n) is 3.63. The van der Waals surface area contributed by atoms with Crippen molar-refractivity contribution in [1.82, 2.24) is 9.80 Å². The Kier molecular flexibility index (Phi) is 5.52. The third kappa shape index (κ3) is 4.71. The fourth-order valence-corrected chi connectivity index (χ4v) is 3.63. The number of nitrogens with zero attached hydrogens (tertiary/aromatic N) is 2. The molecule has 154 valence electrons. The lowest BCUT2D eigenvalue weighted by atomic mass is 9.69. The van der Waals surface area contributed by atoms with Gasteiger partial charge in [-0.3, -0.25) is 4.79 Å². The van der Waals surface area contributed by atoms with E-state index in [-0.39, 0.29) is 39.0 Å². The zero-order valence-corrected chi connectivity index (χ0v) is 17.1. The van der Waals surface area contributed by atoms with E-state index in [1.54, 1.807) is 41.5 Å². The normalized spacial score (nSPS) is 25.4. The van der Waals surface area contributed by atoms with Crippen LogP contribution in [0, 0.1) is 5.41 Å². The lowest BCUT2D eigenvalue weighted by molar-refractivity contribution is -0.125. The maximum absolute atomic E-state index is 15.5. The van der Waals surface area contributed by atoms with E-state index in [1.807, 2.05) is 0 Å². The third-order valence-corrected chi connectivity index (χ3v) is 5.01. The van der Waals surface area contributed by atoms with E-state index in [0.717, 1.165) is 0 Å². The van der Waals surface area contributed by atoms with Crippen molar-refractivity contribution in [2.24, 2.45) is 5.41 Å². The molecular formula is C19H31FN2O5. The molecule has 2 fully saturated rings. The van der Waals surface area contributed by atoms with Gasteiger partial charge in [0.05, 0.1) is 6.54 Å². The number of carbonyl (C=O) groups excluding carboxylic acids is 3. The first kappa shape index (κ1) is 21.4. The maximum atomic E-state index is 15.5. The molecule has 27 heavy (non-hydrogen) atoms. The van der Waals surface area contributed by atoms with E-state index < -0.39 is 34.5 Å². The number of aldehydes is 1. The van der Waals surface area contributed by atoms with E-state index >= 15 is 4.39 Å². The smallest absolute Gasteiger partial charge is 0.410 e. The van der Waals surface area contributed by atoms with Crippen LogP contribution in [0.3, 0.4) is 0 Å². The molecule has 0 unspecified atom stereocenters. The van der Waals surface area contributed by atoms with Crippen LogP contribution in [0.4, 0.5) is 14.0 Å². The Morgan fingerprint density at radius 3 is 1.74 bits per heavy atom. The Hall–Kier alpha value is -1.86. The molecule has 0 aliphatic carbocycles. The number of ether oxygens (including phenoxy) is 2. The quantitative estimate of drug-likeness (QED) is 0.647. The second-order valence-corrected chi connectivity index (χ2v) is 9.56. The van der Waals surface area contributed by atoms with Crippen molar-refractivity contribution >= 4 is 18.5 Å². The summed E-state index contributed by atoms with van der Waals surface area (Å²) in [5.74, 6) is 0. The molecule has 0 saturated carbocycles. The van der Waals surface area contributed by atoms with Crippen molar-refractivity contribution in [2.75, 3.05) is 26.2 Å². The van der Waals surface area contributed by atoms with Crippen molar-refractivity contribution in [3.63, 3.8) is 0 Å². The lowest BCUT2D eigenvalue weighted by Crippen LogP contribution is -2.53. The molecule has 2 rings (SSSR count). The first-order valence-corrected chi connectivity index (χ1v) is 9.31. The Labute approximate surface area is 160 Å². The number of alkyl halides is 1. The maximum Gasteiger partial charge on any atom is 0.410 e. The van der Waals surface area contributed by atoms with Gasteiger partial charge < -0.3 is 19.3 Å². The highest BCUT2D eigenvalue weighted by atomic mass is 19.1. The monoisotopic (exact) mass is 386 g/mol.